The zero-order valence-electron chi connectivity index (χ0n) is 11.7. The Labute approximate surface area is 110 Å². The van der Waals surface area contributed by atoms with Gasteiger partial charge in [0.05, 0.1) is 0 Å². The highest BCUT2D eigenvalue weighted by molar-refractivity contribution is 6.71. The summed E-state index contributed by atoms with van der Waals surface area (Å²) >= 11 is 0. The SMILES string of the molecule is CCCC1(OC)C(OC=O)CCC[Si]1(OC)OC. The molecule has 2 atom stereocenters. The molecule has 0 aliphatic carbocycles. The van der Waals surface area contributed by atoms with E-state index >= 15 is 0 Å². The number of carbonyl (C=O) groups is 1. The number of carbonyl (C=O) groups excluding carboxylic acids is 1. The van der Waals surface area contributed by atoms with Crippen LogP contribution in [0, 0.1) is 0 Å². The lowest BCUT2D eigenvalue weighted by molar-refractivity contribution is -0.153. The largest absolute Gasteiger partial charge is 0.462 e. The summed E-state index contributed by atoms with van der Waals surface area (Å²) < 4.78 is 22.6. The number of ether oxygens (including phenoxy) is 2. The third-order valence-electron chi connectivity index (χ3n) is 4.00. The van der Waals surface area contributed by atoms with Gasteiger partial charge in [-0.3, -0.25) is 4.79 Å². The van der Waals surface area contributed by atoms with Gasteiger partial charge in [0, 0.05) is 21.3 Å². The van der Waals surface area contributed by atoms with Crippen molar-refractivity contribution in [3.05, 3.63) is 0 Å². The van der Waals surface area contributed by atoms with Crippen molar-refractivity contribution < 1.29 is 23.1 Å². The monoisotopic (exact) mass is 276 g/mol. The van der Waals surface area contributed by atoms with E-state index in [0.29, 0.717) is 6.47 Å². The molecule has 6 heteroatoms. The Balaban J connectivity index is 3.17. The molecule has 0 aromatic carbocycles. The van der Waals surface area contributed by atoms with Crippen LogP contribution in [0.2, 0.25) is 6.04 Å². The van der Waals surface area contributed by atoms with Gasteiger partial charge in [-0.25, -0.2) is 0 Å². The maximum atomic E-state index is 10.7. The van der Waals surface area contributed by atoms with Gasteiger partial charge in [0.2, 0.25) is 0 Å². The molecule has 0 N–H and O–H groups in total. The van der Waals surface area contributed by atoms with Gasteiger partial charge in [-0.2, -0.15) is 0 Å². The summed E-state index contributed by atoms with van der Waals surface area (Å²) in [5.74, 6) is 0. The van der Waals surface area contributed by atoms with Crippen LogP contribution in [0.15, 0.2) is 0 Å². The Morgan fingerprint density at radius 1 is 1.33 bits per heavy atom. The molecule has 1 aliphatic heterocycles. The molecular formula is C12H24O5Si. The Kier molecular flexibility index (Phi) is 5.77. The van der Waals surface area contributed by atoms with Gasteiger partial charge in [0.25, 0.3) is 6.47 Å². The van der Waals surface area contributed by atoms with Crippen molar-refractivity contribution in [2.45, 2.75) is 50.0 Å². The number of rotatable bonds is 7. The standard InChI is InChI=1S/C12H24O5Si/c1-5-8-12(14-2)11(17-10-13)7-6-9-18(12,15-3)16-4/h10-11H,5-9H2,1-4H3. The molecule has 1 heterocycles. The van der Waals surface area contributed by atoms with E-state index in [9.17, 15) is 4.79 Å². The van der Waals surface area contributed by atoms with E-state index in [0.717, 1.165) is 31.7 Å². The van der Waals surface area contributed by atoms with Crippen molar-refractivity contribution in [2.24, 2.45) is 0 Å². The van der Waals surface area contributed by atoms with Gasteiger partial charge < -0.3 is 18.3 Å². The Hall–Kier alpha value is -0.433. The van der Waals surface area contributed by atoms with E-state index < -0.39 is 13.8 Å². The van der Waals surface area contributed by atoms with Crippen LogP contribution in [-0.4, -0.2) is 47.7 Å². The van der Waals surface area contributed by atoms with Gasteiger partial charge in [-0.05, 0) is 25.3 Å². The van der Waals surface area contributed by atoms with E-state index in [-0.39, 0.29) is 6.10 Å². The third kappa shape index (κ3) is 2.34. The molecule has 1 rings (SSSR count). The molecule has 106 valence electrons. The van der Waals surface area contributed by atoms with Crippen LogP contribution in [0.4, 0.5) is 0 Å². The first kappa shape index (κ1) is 15.6. The molecule has 0 amide bonds. The molecule has 0 saturated carbocycles. The van der Waals surface area contributed by atoms with E-state index in [1.54, 1.807) is 21.3 Å². The molecule has 1 aliphatic rings. The molecule has 0 bridgehead atoms. The summed E-state index contributed by atoms with van der Waals surface area (Å²) in [4.78, 5) is 10.7. The van der Waals surface area contributed by atoms with Crippen molar-refractivity contribution in [2.75, 3.05) is 21.3 Å². The molecule has 0 spiro atoms. The predicted molar refractivity (Wildman–Crippen MR) is 69.4 cm³/mol. The zero-order valence-corrected chi connectivity index (χ0v) is 12.7. The Bertz CT molecular complexity index is 269. The summed E-state index contributed by atoms with van der Waals surface area (Å²) in [6.45, 7) is 2.59. The van der Waals surface area contributed by atoms with Crippen LogP contribution in [0.3, 0.4) is 0 Å². The average Bonchev–Trinajstić information content (AvgIpc) is 2.41. The van der Waals surface area contributed by atoms with Crippen molar-refractivity contribution in [1.29, 1.82) is 0 Å². The number of hydrogen-bond acceptors (Lipinski definition) is 5. The van der Waals surface area contributed by atoms with Gasteiger partial charge in [0.15, 0.2) is 0 Å². The average molecular weight is 276 g/mol. The van der Waals surface area contributed by atoms with Crippen molar-refractivity contribution in [3.63, 3.8) is 0 Å². The molecule has 0 radical (unpaired) electrons. The normalized spacial score (nSPS) is 31.0. The van der Waals surface area contributed by atoms with Gasteiger partial charge in [-0.1, -0.05) is 13.3 Å². The summed E-state index contributed by atoms with van der Waals surface area (Å²) in [6.07, 6.45) is 3.15. The smallest absolute Gasteiger partial charge is 0.374 e. The molecule has 2 unspecified atom stereocenters. The highest BCUT2D eigenvalue weighted by Crippen LogP contribution is 2.44. The topological polar surface area (TPSA) is 54.0 Å². The second-order valence-corrected chi connectivity index (χ2v) is 8.29. The molecule has 0 aromatic heterocycles. The van der Waals surface area contributed by atoms with Crippen LogP contribution in [0.5, 0.6) is 0 Å². The summed E-state index contributed by atoms with van der Waals surface area (Å²) in [6, 6.07) is 0.868. The van der Waals surface area contributed by atoms with Crippen LogP contribution in [0.25, 0.3) is 0 Å². The van der Waals surface area contributed by atoms with Crippen molar-refractivity contribution >= 4 is 15.0 Å². The molecular weight excluding hydrogens is 252 g/mol. The third-order valence-corrected chi connectivity index (χ3v) is 8.40. The number of methoxy groups -OCH3 is 1. The minimum Gasteiger partial charge on any atom is -0.462 e. The zero-order chi connectivity index (χ0) is 13.6. The second kappa shape index (κ2) is 6.65. The fourth-order valence-corrected chi connectivity index (χ4v) is 7.20. The lowest BCUT2D eigenvalue weighted by Gasteiger charge is -2.51. The van der Waals surface area contributed by atoms with E-state index in [1.807, 2.05) is 0 Å². The van der Waals surface area contributed by atoms with Crippen molar-refractivity contribution in [3.8, 4) is 0 Å². The minimum atomic E-state index is -2.54. The lowest BCUT2D eigenvalue weighted by atomic mass is 10.0. The number of hydrogen-bond donors (Lipinski definition) is 0. The van der Waals surface area contributed by atoms with Crippen molar-refractivity contribution in [1.82, 2.24) is 0 Å². The summed E-state index contributed by atoms with van der Waals surface area (Å²) in [5, 5.41) is -0.607. The van der Waals surface area contributed by atoms with Crippen LogP contribution in [-0.2, 0) is 23.1 Å². The van der Waals surface area contributed by atoms with Gasteiger partial charge in [-0.15, -0.1) is 0 Å². The Morgan fingerprint density at radius 3 is 2.44 bits per heavy atom. The molecule has 0 aromatic rings. The minimum absolute atomic E-state index is 0.278. The van der Waals surface area contributed by atoms with Crippen LogP contribution < -0.4 is 0 Å². The fourth-order valence-electron chi connectivity index (χ4n) is 3.20. The first-order chi connectivity index (χ1) is 8.66. The summed E-state index contributed by atoms with van der Waals surface area (Å²) in [7, 11) is 2.46. The first-order valence-corrected chi connectivity index (χ1v) is 8.43. The highest BCUT2D eigenvalue weighted by Gasteiger charge is 2.64. The molecule has 1 saturated heterocycles. The van der Waals surface area contributed by atoms with Crippen LogP contribution >= 0.6 is 0 Å². The Morgan fingerprint density at radius 2 is 2.00 bits per heavy atom. The van der Waals surface area contributed by atoms with Gasteiger partial charge >= 0.3 is 8.56 Å². The molecule has 1 fully saturated rings. The second-order valence-electron chi connectivity index (χ2n) is 4.62. The van der Waals surface area contributed by atoms with Crippen LogP contribution in [0.1, 0.15) is 32.6 Å². The quantitative estimate of drug-likeness (QED) is 0.524. The molecule has 18 heavy (non-hydrogen) atoms. The van der Waals surface area contributed by atoms with E-state index in [2.05, 4.69) is 6.92 Å². The maximum Gasteiger partial charge on any atom is 0.374 e. The van der Waals surface area contributed by atoms with E-state index in [1.165, 1.54) is 0 Å². The van der Waals surface area contributed by atoms with E-state index in [4.69, 9.17) is 18.3 Å². The lowest BCUT2D eigenvalue weighted by Crippen LogP contribution is -2.70. The predicted octanol–water partition coefficient (Wildman–Crippen LogP) is 1.78. The maximum absolute atomic E-state index is 10.7. The van der Waals surface area contributed by atoms with Gasteiger partial charge in [0.1, 0.15) is 11.3 Å². The summed E-state index contributed by atoms with van der Waals surface area (Å²) in [5.41, 5.74) is 0. The fraction of sp³-hybridized carbons (Fsp3) is 0.917. The first-order valence-electron chi connectivity index (χ1n) is 6.41. The highest BCUT2D eigenvalue weighted by atomic mass is 28.4. The molecule has 5 nitrogen and oxygen atoms in total.